The molecule has 0 amide bonds. The van der Waals surface area contributed by atoms with Crippen molar-refractivity contribution in [2.75, 3.05) is 39.3 Å². The molecular weight excluding hydrogens is 382 g/mol. The van der Waals surface area contributed by atoms with Crippen molar-refractivity contribution in [3.05, 3.63) is 34.0 Å². The number of nitrogens with zero attached hydrogens (tertiary/aromatic N) is 6. The molecule has 1 N–H and O–H groups in total. The Morgan fingerprint density at radius 3 is 2.63 bits per heavy atom. The van der Waals surface area contributed by atoms with Crippen LogP contribution in [0.25, 0.3) is 0 Å². The van der Waals surface area contributed by atoms with Crippen LogP contribution in [-0.4, -0.2) is 69.8 Å². The van der Waals surface area contributed by atoms with Gasteiger partial charge in [0.2, 0.25) is 0 Å². The molecule has 3 rings (SSSR count). The zero-order chi connectivity index (χ0) is 18.9. The molecule has 148 valence electrons. The van der Waals surface area contributed by atoms with Gasteiger partial charge in [-0.3, -0.25) is 9.89 Å². The molecule has 0 spiro atoms. The Balaban J connectivity index is 1.41. The van der Waals surface area contributed by atoms with E-state index in [1.54, 1.807) is 24.0 Å². The van der Waals surface area contributed by atoms with E-state index < -0.39 is 0 Å². The van der Waals surface area contributed by atoms with Crippen molar-refractivity contribution < 1.29 is 0 Å². The van der Waals surface area contributed by atoms with Crippen LogP contribution < -0.4 is 5.32 Å². The molecule has 0 saturated carbocycles. The van der Waals surface area contributed by atoms with Gasteiger partial charge in [0, 0.05) is 57.2 Å². The van der Waals surface area contributed by atoms with E-state index in [2.05, 4.69) is 38.3 Å². The van der Waals surface area contributed by atoms with Gasteiger partial charge in [0.1, 0.15) is 12.7 Å². The van der Waals surface area contributed by atoms with Crippen LogP contribution in [0, 0.1) is 0 Å². The second-order valence-corrected chi connectivity index (χ2v) is 8.41. The largest absolute Gasteiger partial charge is 0.357 e. The Labute approximate surface area is 170 Å². The number of piperazine rings is 1. The smallest absolute Gasteiger partial charge is 0.194 e. The van der Waals surface area contributed by atoms with Crippen molar-refractivity contribution in [3.8, 4) is 0 Å². The summed E-state index contributed by atoms with van der Waals surface area (Å²) in [6, 6.07) is 4.11. The summed E-state index contributed by atoms with van der Waals surface area (Å²) >= 11 is 7.71. The maximum absolute atomic E-state index is 6.04. The molecule has 9 heteroatoms. The lowest BCUT2D eigenvalue weighted by atomic mass is 10.3. The van der Waals surface area contributed by atoms with Crippen LogP contribution in [0.1, 0.15) is 24.6 Å². The average molecular weight is 410 g/mol. The number of thiophene rings is 1. The van der Waals surface area contributed by atoms with Gasteiger partial charge in [-0.05, 0) is 31.9 Å². The van der Waals surface area contributed by atoms with E-state index >= 15 is 0 Å². The van der Waals surface area contributed by atoms with Crippen LogP contribution in [0.2, 0.25) is 4.34 Å². The number of hydrogen-bond acceptors (Lipinski definition) is 5. The monoisotopic (exact) mass is 409 g/mol. The van der Waals surface area contributed by atoms with Gasteiger partial charge in [0.05, 0.1) is 4.34 Å². The Morgan fingerprint density at radius 1 is 1.19 bits per heavy atom. The Kier molecular flexibility index (Phi) is 7.92. The molecule has 0 bridgehead atoms. The van der Waals surface area contributed by atoms with Crippen molar-refractivity contribution >= 4 is 28.9 Å². The van der Waals surface area contributed by atoms with Crippen LogP contribution in [0.3, 0.4) is 0 Å². The van der Waals surface area contributed by atoms with Gasteiger partial charge < -0.3 is 14.8 Å². The summed E-state index contributed by atoms with van der Waals surface area (Å²) in [5.74, 6) is 1.04. The first-order valence-electron chi connectivity index (χ1n) is 9.57. The molecule has 1 fully saturated rings. The van der Waals surface area contributed by atoms with Gasteiger partial charge in [-0.25, -0.2) is 0 Å². The van der Waals surface area contributed by atoms with Gasteiger partial charge in [0.25, 0.3) is 0 Å². The van der Waals surface area contributed by atoms with Gasteiger partial charge in [-0.15, -0.1) is 21.5 Å². The summed E-state index contributed by atoms with van der Waals surface area (Å²) in [5, 5.41) is 11.1. The third-order valence-electron chi connectivity index (χ3n) is 4.57. The van der Waals surface area contributed by atoms with E-state index in [1.165, 1.54) is 4.88 Å². The highest BCUT2D eigenvalue weighted by Crippen LogP contribution is 2.23. The van der Waals surface area contributed by atoms with E-state index in [9.17, 15) is 0 Å². The van der Waals surface area contributed by atoms with Gasteiger partial charge in [-0.2, -0.15) is 0 Å². The minimum atomic E-state index is 0.846. The van der Waals surface area contributed by atoms with Gasteiger partial charge in [-0.1, -0.05) is 11.6 Å². The van der Waals surface area contributed by atoms with Crippen LogP contribution in [0.4, 0.5) is 0 Å². The summed E-state index contributed by atoms with van der Waals surface area (Å²) in [6.45, 7) is 9.91. The van der Waals surface area contributed by atoms with E-state index in [0.717, 1.165) is 75.5 Å². The molecule has 2 aromatic rings. The molecular formula is C18H28ClN7S. The van der Waals surface area contributed by atoms with Crippen molar-refractivity contribution in [2.24, 2.45) is 4.99 Å². The molecule has 7 nitrogen and oxygen atoms in total. The molecule has 3 heterocycles. The van der Waals surface area contributed by atoms with E-state index in [1.807, 2.05) is 10.6 Å². The molecule has 0 aromatic carbocycles. The summed E-state index contributed by atoms with van der Waals surface area (Å²) in [6.07, 6.45) is 5.66. The first-order valence-corrected chi connectivity index (χ1v) is 10.8. The van der Waals surface area contributed by atoms with Gasteiger partial charge >= 0.3 is 0 Å². The number of aryl methyl sites for hydroxylation is 1. The SMILES string of the molecule is CCNC(=NCCCCn1cnnc1)N1CCN(Cc2ccc(Cl)s2)CC1. The highest BCUT2D eigenvalue weighted by Gasteiger charge is 2.19. The lowest BCUT2D eigenvalue weighted by Gasteiger charge is -2.36. The molecule has 27 heavy (non-hydrogen) atoms. The quantitative estimate of drug-likeness (QED) is 0.412. The first kappa shape index (κ1) is 20.1. The van der Waals surface area contributed by atoms with Crippen LogP contribution >= 0.6 is 22.9 Å². The fourth-order valence-corrected chi connectivity index (χ4v) is 4.26. The highest BCUT2D eigenvalue weighted by molar-refractivity contribution is 7.16. The maximum atomic E-state index is 6.04. The Bertz CT molecular complexity index is 692. The van der Waals surface area contributed by atoms with Crippen molar-refractivity contribution in [1.82, 2.24) is 29.9 Å². The topological polar surface area (TPSA) is 61.6 Å². The lowest BCUT2D eigenvalue weighted by Crippen LogP contribution is -2.52. The third-order valence-corrected chi connectivity index (χ3v) is 5.78. The molecule has 0 aliphatic carbocycles. The predicted molar refractivity (Wildman–Crippen MR) is 111 cm³/mol. The summed E-state index contributed by atoms with van der Waals surface area (Å²) in [4.78, 5) is 11.0. The van der Waals surface area contributed by atoms with Crippen LogP contribution in [0.15, 0.2) is 29.8 Å². The van der Waals surface area contributed by atoms with Crippen molar-refractivity contribution in [1.29, 1.82) is 0 Å². The van der Waals surface area contributed by atoms with Crippen LogP contribution in [-0.2, 0) is 13.1 Å². The number of aliphatic imine (C=N–C) groups is 1. The number of aromatic nitrogens is 3. The molecule has 0 unspecified atom stereocenters. The summed E-state index contributed by atoms with van der Waals surface area (Å²) in [5.41, 5.74) is 0. The number of rotatable bonds is 8. The zero-order valence-corrected chi connectivity index (χ0v) is 17.4. The molecule has 2 aromatic heterocycles. The standard InChI is InChI=1S/C18H28ClN7S/c1-2-20-18(21-7-3-4-8-25-14-22-23-15-25)26-11-9-24(10-12-26)13-16-5-6-17(19)27-16/h5-6,14-15H,2-4,7-13H2,1H3,(H,20,21). The number of halogens is 1. The fraction of sp³-hybridized carbons (Fsp3) is 0.611. The molecule has 0 atom stereocenters. The van der Waals surface area contributed by atoms with E-state index in [-0.39, 0.29) is 0 Å². The third kappa shape index (κ3) is 6.48. The van der Waals surface area contributed by atoms with E-state index in [0.29, 0.717) is 0 Å². The minimum absolute atomic E-state index is 0.846. The molecule has 1 aliphatic heterocycles. The molecule has 1 aliphatic rings. The molecule has 1 saturated heterocycles. The van der Waals surface area contributed by atoms with Gasteiger partial charge in [0.15, 0.2) is 5.96 Å². The number of unbranched alkanes of at least 4 members (excludes halogenated alkanes) is 1. The van der Waals surface area contributed by atoms with E-state index in [4.69, 9.17) is 16.6 Å². The number of guanidine groups is 1. The first-order chi connectivity index (χ1) is 13.2. The Hall–Kier alpha value is -1.64. The maximum Gasteiger partial charge on any atom is 0.194 e. The fourth-order valence-electron chi connectivity index (χ4n) is 3.13. The summed E-state index contributed by atoms with van der Waals surface area (Å²) < 4.78 is 2.88. The zero-order valence-electron chi connectivity index (χ0n) is 15.8. The van der Waals surface area contributed by atoms with Crippen molar-refractivity contribution in [3.63, 3.8) is 0 Å². The van der Waals surface area contributed by atoms with Crippen molar-refractivity contribution in [2.45, 2.75) is 32.9 Å². The summed E-state index contributed by atoms with van der Waals surface area (Å²) in [7, 11) is 0. The lowest BCUT2D eigenvalue weighted by molar-refractivity contribution is 0.173. The number of hydrogen-bond donors (Lipinski definition) is 1. The number of nitrogens with one attached hydrogen (secondary N) is 1. The minimum Gasteiger partial charge on any atom is -0.357 e. The Morgan fingerprint density at radius 2 is 1.96 bits per heavy atom. The second-order valence-electron chi connectivity index (χ2n) is 6.61. The highest BCUT2D eigenvalue weighted by atomic mass is 35.5. The normalized spacial score (nSPS) is 16.1. The molecule has 0 radical (unpaired) electrons. The average Bonchev–Trinajstić information content (AvgIpc) is 3.33. The predicted octanol–water partition coefficient (Wildman–Crippen LogP) is 2.56. The second kappa shape index (κ2) is 10.6. The van der Waals surface area contributed by atoms with Crippen LogP contribution in [0.5, 0.6) is 0 Å².